The summed E-state index contributed by atoms with van der Waals surface area (Å²) in [6, 6.07) is 3.78. The average Bonchev–Trinajstić information content (AvgIpc) is 2.99. The highest BCUT2D eigenvalue weighted by atomic mass is 32.2. The molecule has 6 nitrogen and oxygen atoms in total. The number of anilines is 1. The van der Waals surface area contributed by atoms with E-state index in [-0.39, 0.29) is 11.5 Å². The summed E-state index contributed by atoms with van der Waals surface area (Å²) in [7, 11) is 0. The Morgan fingerprint density at radius 2 is 2.03 bits per heavy atom. The van der Waals surface area contributed by atoms with Crippen LogP contribution in [0.5, 0.6) is 0 Å². The van der Waals surface area contributed by atoms with Crippen LogP contribution in [0.15, 0.2) is 40.7 Å². The fourth-order valence-corrected chi connectivity index (χ4v) is 4.95. The topological polar surface area (TPSA) is 57.9 Å². The normalized spacial score (nSPS) is 18.9. The summed E-state index contributed by atoms with van der Waals surface area (Å²) in [5.74, 6) is 0.455. The van der Waals surface area contributed by atoms with Gasteiger partial charge in [0.05, 0.1) is 10.5 Å². The van der Waals surface area contributed by atoms with Crippen molar-refractivity contribution >= 4 is 51.7 Å². The van der Waals surface area contributed by atoms with E-state index in [1.807, 2.05) is 19.1 Å². The van der Waals surface area contributed by atoms with E-state index in [1.165, 1.54) is 23.1 Å². The molecular formula is C21H22N4O2S2. The molecule has 0 saturated carbocycles. The molecule has 2 aromatic rings. The van der Waals surface area contributed by atoms with Gasteiger partial charge in [0.1, 0.15) is 15.8 Å². The maximum atomic E-state index is 13.4. The lowest BCUT2D eigenvalue weighted by molar-refractivity contribution is -0.121. The van der Waals surface area contributed by atoms with Crippen LogP contribution in [-0.2, 0) is 4.79 Å². The molecule has 0 unspecified atom stereocenters. The van der Waals surface area contributed by atoms with Crippen molar-refractivity contribution in [2.75, 3.05) is 24.5 Å². The monoisotopic (exact) mass is 426 g/mol. The summed E-state index contributed by atoms with van der Waals surface area (Å²) >= 11 is 6.55. The minimum absolute atomic E-state index is 0.173. The Morgan fingerprint density at radius 1 is 1.28 bits per heavy atom. The second-order valence-electron chi connectivity index (χ2n) is 7.17. The number of piperidine rings is 1. The molecule has 0 spiro atoms. The number of rotatable bonds is 4. The Hall–Kier alpha value is -2.45. The van der Waals surface area contributed by atoms with Gasteiger partial charge in [-0.05, 0) is 43.9 Å². The van der Waals surface area contributed by atoms with Gasteiger partial charge in [-0.2, -0.15) is 0 Å². The van der Waals surface area contributed by atoms with Crippen LogP contribution in [0.25, 0.3) is 11.7 Å². The summed E-state index contributed by atoms with van der Waals surface area (Å²) in [5.41, 5.74) is 1.85. The summed E-state index contributed by atoms with van der Waals surface area (Å²) < 4.78 is 2.03. The summed E-state index contributed by atoms with van der Waals surface area (Å²) in [6.07, 6.45) is 8.33. The van der Waals surface area contributed by atoms with Gasteiger partial charge in [0.2, 0.25) is 0 Å². The van der Waals surface area contributed by atoms with Gasteiger partial charge in [-0.3, -0.25) is 18.9 Å². The number of hydrogen-bond acceptors (Lipinski definition) is 6. The number of aromatic nitrogens is 2. The van der Waals surface area contributed by atoms with Crippen LogP contribution in [-0.4, -0.2) is 44.1 Å². The average molecular weight is 427 g/mol. The van der Waals surface area contributed by atoms with E-state index >= 15 is 0 Å². The molecule has 0 N–H and O–H groups in total. The number of thiocarbonyl (C=S) groups is 1. The van der Waals surface area contributed by atoms with Crippen LogP contribution in [0.3, 0.4) is 0 Å². The van der Waals surface area contributed by atoms with Crippen molar-refractivity contribution in [1.82, 2.24) is 14.3 Å². The number of pyridine rings is 1. The van der Waals surface area contributed by atoms with E-state index in [9.17, 15) is 9.59 Å². The lowest BCUT2D eigenvalue weighted by Crippen LogP contribution is -2.33. The molecule has 0 bridgehead atoms. The number of thioether (sulfide) groups is 1. The van der Waals surface area contributed by atoms with Crippen molar-refractivity contribution in [1.29, 1.82) is 0 Å². The highest BCUT2D eigenvalue weighted by molar-refractivity contribution is 8.26. The van der Waals surface area contributed by atoms with Crippen molar-refractivity contribution in [3.63, 3.8) is 0 Å². The number of nitrogens with zero attached hydrogens (tertiary/aromatic N) is 4. The lowest BCUT2D eigenvalue weighted by Gasteiger charge is -2.29. The van der Waals surface area contributed by atoms with Crippen LogP contribution in [0, 0.1) is 6.92 Å². The van der Waals surface area contributed by atoms with E-state index < -0.39 is 0 Å². The first kappa shape index (κ1) is 19.8. The fraction of sp³-hybridized carbons (Fsp3) is 0.333. The molecule has 8 heteroatoms. The molecule has 2 saturated heterocycles. The van der Waals surface area contributed by atoms with Crippen LogP contribution >= 0.6 is 24.0 Å². The Bertz CT molecular complexity index is 1100. The van der Waals surface area contributed by atoms with Crippen LogP contribution in [0.1, 0.15) is 30.4 Å². The number of carbonyl (C=O) groups excluding carboxylic acids is 1. The maximum Gasteiger partial charge on any atom is 0.267 e. The quantitative estimate of drug-likeness (QED) is 0.424. The fourth-order valence-electron chi connectivity index (χ4n) is 3.69. The third-order valence-corrected chi connectivity index (χ3v) is 6.56. The molecule has 0 aliphatic carbocycles. The number of aryl methyl sites for hydroxylation is 1. The Morgan fingerprint density at radius 3 is 2.76 bits per heavy atom. The number of amides is 1. The molecule has 150 valence electrons. The van der Waals surface area contributed by atoms with Gasteiger partial charge in [0.25, 0.3) is 11.5 Å². The predicted octanol–water partition coefficient (Wildman–Crippen LogP) is 3.38. The Kier molecular flexibility index (Phi) is 5.56. The molecule has 2 aliphatic rings. The van der Waals surface area contributed by atoms with Gasteiger partial charge in [-0.25, -0.2) is 4.98 Å². The Balaban J connectivity index is 1.90. The third-order valence-electron chi connectivity index (χ3n) is 5.18. The zero-order chi connectivity index (χ0) is 20.5. The van der Waals surface area contributed by atoms with Gasteiger partial charge in [-0.15, -0.1) is 6.58 Å². The first-order valence-electron chi connectivity index (χ1n) is 9.64. The van der Waals surface area contributed by atoms with Gasteiger partial charge in [0.15, 0.2) is 0 Å². The minimum Gasteiger partial charge on any atom is -0.356 e. The summed E-state index contributed by atoms with van der Waals surface area (Å²) in [4.78, 5) is 35.1. The molecule has 0 radical (unpaired) electrons. The second kappa shape index (κ2) is 8.12. The zero-order valence-electron chi connectivity index (χ0n) is 16.3. The molecule has 2 aromatic heterocycles. The van der Waals surface area contributed by atoms with Gasteiger partial charge >= 0.3 is 0 Å². The predicted molar refractivity (Wildman–Crippen MR) is 122 cm³/mol. The summed E-state index contributed by atoms with van der Waals surface area (Å²) in [5, 5.41) is 0. The van der Waals surface area contributed by atoms with Crippen molar-refractivity contribution in [2.45, 2.75) is 26.2 Å². The van der Waals surface area contributed by atoms with Crippen LogP contribution in [0.2, 0.25) is 0 Å². The molecule has 0 atom stereocenters. The van der Waals surface area contributed by atoms with Crippen molar-refractivity contribution in [2.24, 2.45) is 0 Å². The van der Waals surface area contributed by atoms with Crippen LogP contribution < -0.4 is 10.5 Å². The first-order valence-corrected chi connectivity index (χ1v) is 10.9. The highest BCUT2D eigenvalue weighted by Crippen LogP contribution is 2.33. The van der Waals surface area contributed by atoms with E-state index in [4.69, 9.17) is 17.2 Å². The molecule has 4 heterocycles. The molecule has 2 fully saturated rings. The molecule has 29 heavy (non-hydrogen) atoms. The van der Waals surface area contributed by atoms with Gasteiger partial charge in [0, 0.05) is 25.8 Å². The van der Waals surface area contributed by atoms with E-state index in [0.29, 0.717) is 32.8 Å². The molecule has 2 aliphatic heterocycles. The largest absolute Gasteiger partial charge is 0.356 e. The number of hydrogen-bond donors (Lipinski definition) is 0. The van der Waals surface area contributed by atoms with Crippen LogP contribution in [0.4, 0.5) is 5.82 Å². The van der Waals surface area contributed by atoms with E-state index in [1.54, 1.807) is 22.7 Å². The van der Waals surface area contributed by atoms with Crippen molar-refractivity contribution < 1.29 is 4.79 Å². The zero-order valence-corrected chi connectivity index (χ0v) is 17.9. The standard InChI is InChI=1S/C21H22N4O2S2/c1-3-9-25-20(27)16(29-21(25)28)13-15-18(23-10-5-4-6-11-23)22-17-14(2)8-7-12-24(17)19(15)26/h3,7-8,12-13H,1,4-6,9-11H2,2H3/b16-13+. The Labute approximate surface area is 178 Å². The lowest BCUT2D eigenvalue weighted by atomic mass is 10.1. The molecule has 0 aromatic carbocycles. The number of fused-ring (bicyclic) bond motifs is 1. The van der Waals surface area contributed by atoms with E-state index in [2.05, 4.69) is 11.5 Å². The molecule has 4 rings (SSSR count). The second-order valence-corrected chi connectivity index (χ2v) is 8.84. The van der Waals surface area contributed by atoms with Gasteiger partial charge < -0.3 is 4.90 Å². The first-order chi connectivity index (χ1) is 14.0. The molecule has 1 amide bonds. The highest BCUT2D eigenvalue weighted by Gasteiger charge is 2.32. The molecular weight excluding hydrogens is 404 g/mol. The smallest absolute Gasteiger partial charge is 0.267 e. The minimum atomic E-state index is -0.196. The maximum absolute atomic E-state index is 13.4. The number of carbonyl (C=O) groups is 1. The van der Waals surface area contributed by atoms with Crippen molar-refractivity contribution in [3.8, 4) is 0 Å². The summed E-state index contributed by atoms with van der Waals surface area (Å²) in [6.45, 7) is 7.69. The van der Waals surface area contributed by atoms with E-state index in [0.717, 1.165) is 31.5 Å². The van der Waals surface area contributed by atoms with Crippen molar-refractivity contribution in [3.05, 3.63) is 57.4 Å². The third kappa shape index (κ3) is 3.62. The SMILES string of the molecule is C=CCN1C(=O)/C(=C\c2c(N3CCCCC3)nc3c(C)cccn3c2=O)SC1=S. The van der Waals surface area contributed by atoms with Gasteiger partial charge in [-0.1, -0.05) is 36.1 Å².